The standard InChI is InChI=1S/C39H37N5O/c1-29-33(27-30-13-5-2-6-14-30)39(44-36-20-12-11-19-35(36)41-38(44)34(29)28-40)43-23-21-42(22-24-43)25-26-45-37(31-15-7-3-8-16-31)32-17-9-4-10-18-32/h2-20,37H,21-27H2,1H3. The Hall–Kier alpha value is -4.96. The first-order valence-electron chi connectivity index (χ1n) is 15.8. The molecule has 6 heteroatoms. The fourth-order valence-electron chi connectivity index (χ4n) is 6.63. The van der Waals surface area contributed by atoms with Gasteiger partial charge in [0.1, 0.15) is 18.0 Å². The molecular formula is C39H37N5O. The summed E-state index contributed by atoms with van der Waals surface area (Å²) in [6.45, 7) is 7.25. The van der Waals surface area contributed by atoms with E-state index in [2.05, 4.69) is 118 Å². The Kier molecular flexibility index (Phi) is 8.29. The summed E-state index contributed by atoms with van der Waals surface area (Å²) >= 11 is 0. The molecule has 0 saturated carbocycles. The third kappa shape index (κ3) is 5.81. The second kappa shape index (κ2) is 13.0. The van der Waals surface area contributed by atoms with Crippen molar-refractivity contribution in [1.82, 2.24) is 14.3 Å². The van der Waals surface area contributed by atoms with Gasteiger partial charge in [0, 0.05) is 44.7 Å². The number of hydrogen-bond donors (Lipinski definition) is 0. The molecule has 0 amide bonds. The molecule has 0 bridgehead atoms. The number of benzene rings is 4. The van der Waals surface area contributed by atoms with E-state index in [-0.39, 0.29) is 6.10 Å². The molecule has 0 N–H and O–H groups in total. The van der Waals surface area contributed by atoms with Crippen LogP contribution in [-0.2, 0) is 11.2 Å². The topological polar surface area (TPSA) is 56.8 Å². The van der Waals surface area contributed by atoms with Crippen LogP contribution >= 0.6 is 0 Å². The van der Waals surface area contributed by atoms with Crippen molar-refractivity contribution >= 4 is 22.5 Å². The van der Waals surface area contributed by atoms with Crippen molar-refractivity contribution in [3.63, 3.8) is 0 Å². The number of aromatic nitrogens is 2. The zero-order chi connectivity index (χ0) is 30.6. The molecule has 224 valence electrons. The van der Waals surface area contributed by atoms with Gasteiger partial charge in [-0.1, -0.05) is 103 Å². The number of imidazole rings is 1. The number of pyridine rings is 1. The molecule has 4 aromatic carbocycles. The lowest BCUT2D eigenvalue weighted by Crippen LogP contribution is -2.48. The monoisotopic (exact) mass is 591 g/mol. The predicted octanol–water partition coefficient (Wildman–Crippen LogP) is 7.19. The van der Waals surface area contributed by atoms with Gasteiger partial charge >= 0.3 is 0 Å². The third-order valence-corrected chi connectivity index (χ3v) is 9.00. The maximum Gasteiger partial charge on any atom is 0.157 e. The van der Waals surface area contributed by atoms with E-state index in [9.17, 15) is 5.26 Å². The van der Waals surface area contributed by atoms with Crippen LogP contribution in [0.1, 0.15) is 39.5 Å². The molecule has 6 aromatic rings. The molecule has 0 radical (unpaired) electrons. The Bertz CT molecular complexity index is 1900. The molecule has 2 aromatic heterocycles. The molecule has 6 nitrogen and oxygen atoms in total. The molecule has 0 unspecified atom stereocenters. The lowest BCUT2D eigenvalue weighted by atomic mass is 9.97. The lowest BCUT2D eigenvalue weighted by molar-refractivity contribution is 0.0586. The smallest absolute Gasteiger partial charge is 0.157 e. The highest BCUT2D eigenvalue weighted by Crippen LogP contribution is 2.35. The van der Waals surface area contributed by atoms with Crippen molar-refractivity contribution < 1.29 is 4.74 Å². The van der Waals surface area contributed by atoms with Gasteiger partial charge in [-0.05, 0) is 41.3 Å². The number of piperazine rings is 1. The van der Waals surface area contributed by atoms with Crippen molar-refractivity contribution in [3.05, 3.63) is 149 Å². The zero-order valence-electron chi connectivity index (χ0n) is 25.6. The van der Waals surface area contributed by atoms with E-state index in [1.54, 1.807) is 0 Å². The third-order valence-electron chi connectivity index (χ3n) is 9.00. The molecular weight excluding hydrogens is 554 g/mol. The van der Waals surface area contributed by atoms with E-state index in [0.29, 0.717) is 12.2 Å². The highest BCUT2D eigenvalue weighted by Gasteiger charge is 2.27. The van der Waals surface area contributed by atoms with Crippen molar-refractivity contribution in [2.45, 2.75) is 19.4 Å². The summed E-state index contributed by atoms with van der Waals surface area (Å²) in [5.41, 5.74) is 9.14. The first kappa shape index (κ1) is 28.8. The van der Waals surface area contributed by atoms with E-state index in [1.165, 1.54) is 22.3 Å². The van der Waals surface area contributed by atoms with E-state index in [1.807, 2.05) is 24.3 Å². The summed E-state index contributed by atoms with van der Waals surface area (Å²) in [7, 11) is 0. The van der Waals surface area contributed by atoms with E-state index < -0.39 is 0 Å². The number of anilines is 1. The van der Waals surface area contributed by atoms with Crippen molar-refractivity contribution in [1.29, 1.82) is 5.26 Å². The van der Waals surface area contributed by atoms with Crippen LogP contribution in [-0.4, -0.2) is 53.6 Å². The average molecular weight is 592 g/mol. The number of para-hydroxylation sites is 2. The quantitative estimate of drug-likeness (QED) is 0.178. The lowest BCUT2D eigenvalue weighted by Gasteiger charge is -2.38. The van der Waals surface area contributed by atoms with Gasteiger partial charge in [0.2, 0.25) is 0 Å². The molecule has 0 aliphatic carbocycles. The minimum Gasteiger partial charge on any atom is -0.367 e. The van der Waals surface area contributed by atoms with Crippen LogP contribution in [0, 0.1) is 18.3 Å². The van der Waals surface area contributed by atoms with Crippen molar-refractivity contribution in [2.75, 3.05) is 44.2 Å². The van der Waals surface area contributed by atoms with Gasteiger partial charge in [0.15, 0.2) is 5.65 Å². The molecule has 0 atom stereocenters. The molecule has 1 aliphatic heterocycles. The van der Waals surface area contributed by atoms with Crippen LogP contribution < -0.4 is 4.90 Å². The van der Waals surface area contributed by atoms with Crippen LogP contribution in [0.3, 0.4) is 0 Å². The fourth-order valence-corrected chi connectivity index (χ4v) is 6.63. The summed E-state index contributed by atoms with van der Waals surface area (Å²) in [4.78, 5) is 9.96. The number of nitrogens with zero attached hydrogens (tertiary/aromatic N) is 5. The largest absolute Gasteiger partial charge is 0.367 e. The second-order valence-corrected chi connectivity index (χ2v) is 11.7. The Morgan fingerprint density at radius 3 is 2.02 bits per heavy atom. The van der Waals surface area contributed by atoms with Crippen molar-refractivity contribution in [3.8, 4) is 6.07 Å². The Balaban J connectivity index is 1.14. The summed E-state index contributed by atoms with van der Waals surface area (Å²) in [5.74, 6) is 1.16. The number of ether oxygens (including phenoxy) is 1. The Labute approximate surface area is 264 Å². The van der Waals surface area contributed by atoms with Gasteiger partial charge in [-0.3, -0.25) is 9.30 Å². The van der Waals surface area contributed by atoms with Gasteiger partial charge in [0.25, 0.3) is 0 Å². The minimum absolute atomic E-state index is 0.0846. The van der Waals surface area contributed by atoms with E-state index in [0.717, 1.165) is 67.2 Å². The van der Waals surface area contributed by atoms with Gasteiger partial charge < -0.3 is 9.64 Å². The average Bonchev–Trinajstić information content (AvgIpc) is 3.48. The Morgan fingerprint density at radius 2 is 1.38 bits per heavy atom. The summed E-state index contributed by atoms with van der Waals surface area (Å²) in [6.07, 6.45) is 0.673. The first-order valence-corrected chi connectivity index (χ1v) is 15.8. The minimum atomic E-state index is -0.0846. The maximum absolute atomic E-state index is 10.3. The van der Waals surface area contributed by atoms with Crippen LogP contribution in [0.25, 0.3) is 16.7 Å². The highest BCUT2D eigenvalue weighted by molar-refractivity contribution is 5.86. The second-order valence-electron chi connectivity index (χ2n) is 11.7. The SMILES string of the molecule is Cc1c(Cc2ccccc2)c(N2CCN(CCOC(c3ccccc3)c3ccccc3)CC2)n2c(nc3ccccc32)c1C#N. The Morgan fingerprint density at radius 1 is 0.778 bits per heavy atom. The summed E-state index contributed by atoms with van der Waals surface area (Å²) < 4.78 is 8.79. The van der Waals surface area contributed by atoms with Gasteiger partial charge in [-0.15, -0.1) is 0 Å². The molecule has 45 heavy (non-hydrogen) atoms. The highest BCUT2D eigenvalue weighted by atomic mass is 16.5. The number of rotatable bonds is 9. The number of hydrogen-bond acceptors (Lipinski definition) is 5. The summed E-state index contributed by atoms with van der Waals surface area (Å²) in [6, 6.07) is 42.2. The zero-order valence-corrected chi connectivity index (χ0v) is 25.6. The molecule has 1 fully saturated rings. The van der Waals surface area contributed by atoms with Crippen LogP contribution in [0.4, 0.5) is 5.82 Å². The van der Waals surface area contributed by atoms with Gasteiger partial charge in [-0.2, -0.15) is 5.26 Å². The summed E-state index contributed by atoms with van der Waals surface area (Å²) in [5, 5.41) is 10.3. The van der Waals surface area contributed by atoms with Crippen LogP contribution in [0.5, 0.6) is 0 Å². The molecule has 1 aliphatic rings. The first-order chi connectivity index (χ1) is 22.2. The van der Waals surface area contributed by atoms with Gasteiger partial charge in [0.05, 0.1) is 23.2 Å². The molecule has 3 heterocycles. The molecule has 7 rings (SSSR count). The normalized spacial score (nSPS) is 13.9. The van der Waals surface area contributed by atoms with E-state index >= 15 is 0 Å². The van der Waals surface area contributed by atoms with Crippen molar-refractivity contribution in [2.24, 2.45) is 0 Å². The molecule has 0 spiro atoms. The van der Waals surface area contributed by atoms with Crippen LogP contribution in [0.2, 0.25) is 0 Å². The number of nitriles is 1. The predicted molar refractivity (Wildman–Crippen MR) is 181 cm³/mol. The fraction of sp³-hybridized carbons (Fsp3) is 0.231. The van der Waals surface area contributed by atoms with Gasteiger partial charge in [-0.25, -0.2) is 4.98 Å². The maximum atomic E-state index is 10.3. The molecule has 1 saturated heterocycles. The van der Waals surface area contributed by atoms with Crippen LogP contribution in [0.15, 0.2) is 115 Å². The number of fused-ring (bicyclic) bond motifs is 3. The van der Waals surface area contributed by atoms with E-state index in [4.69, 9.17) is 9.72 Å².